The van der Waals surface area contributed by atoms with Crippen molar-refractivity contribution in [2.75, 3.05) is 11.5 Å². The summed E-state index contributed by atoms with van der Waals surface area (Å²) < 4.78 is 17.4. The molecule has 164 valence electrons. The lowest BCUT2D eigenvalue weighted by molar-refractivity contribution is -0.164. The van der Waals surface area contributed by atoms with E-state index in [1.807, 2.05) is 55.5 Å². The Kier molecular flexibility index (Phi) is 5.10. The van der Waals surface area contributed by atoms with Crippen LogP contribution in [0.25, 0.3) is 0 Å². The van der Waals surface area contributed by atoms with Crippen molar-refractivity contribution in [2.45, 2.75) is 38.5 Å². The molecule has 3 heterocycles. The number of amides is 1. The number of hydrogen-bond acceptors (Lipinski definition) is 5. The molecule has 0 N–H and O–H groups in total. The smallest absolute Gasteiger partial charge is 0.312 e. The summed E-state index contributed by atoms with van der Waals surface area (Å²) in [5, 5.41) is 0. The van der Waals surface area contributed by atoms with Crippen molar-refractivity contribution in [2.24, 2.45) is 5.92 Å². The molecule has 1 saturated heterocycles. The predicted molar refractivity (Wildman–Crippen MR) is 118 cm³/mol. The van der Waals surface area contributed by atoms with Crippen molar-refractivity contribution >= 4 is 17.6 Å². The number of rotatable bonds is 5. The Bertz CT molecular complexity index is 1140. The van der Waals surface area contributed by atoms with Crippen molar-refractivity contribution < 1.29 is 23.5 Å². The van der Waals surface area contributed by atoms with Gasteiger partial charge in [0.1, 0.15) is 17.8 Å². The van der Waals surface area contributed by atoms with Gasteiger partial charge in [-0.05, 0) is 44.0 Å². The Labute approximate surface area is 186 Å². The zero-order valence-corrected chi connectivity index (χ0v) is 18.1. The van der Waals surface area contributed by atoms with E-state index < -0.39 is 23.6 Å². The van der Waals surface area contributed by atoms with Crippen molar-refractivity contribution in [3.63, 3.8) is 0 Å². The fourth-order valence-corrected chi connectivity index (χ4v) is 4.82. The fraction of sp³-hybridized carbons (Fsp3) is 0.308. The molecule has 0 radical (unpaired) electrons. The number of para-hydroxylation sites is 1. The molecular weight excluding hydrogens is 406 g/mol. The number of carbonyl (C=O) groups is 2. The molecule has 1 fully saturated rings. The summed E-state index contributed by atoms with van der Waals surface area (Å²) in [5.41, 5.74) is 2.17. The molecule has 6 heteroatoms. The molecular formula is C26H25NO5. The molecule has 0 bridgehead atoms. The SMILES string of the molecule is CCOC(=O)C1C[C@H](c2ccco2)O[C@@]12C(=O)N(Cc1ccc(C)cc1)c1ccccc12. The highest BCUT2D eigenvalue weighted by molar-refractivity contribution is 6.09. The van der Waals surface area contributed by atoms with Crippen LogP contribution in [-0.4, -0.2) is 18.5 Å². The van der Waals surface area contributed by atoms with E-state index in [2.05, 4.69) is 0 Å². The molecule has 0 saturated carbocycles. The summed E-state index contributed by atoms with van der Waals surface area (Å²) in [6.45, 7) is 4.42. The Morgan fingerprint density at radius 2 is 1.91 bits per heavy atom. The first-order valence-electron chi connectivity index (χ1n) is 10.9. The van der Waals surface area contributed by atoms with E-state index in [1.54, 1.807) is 30.2 Å². The summed E-state index contributed by atoms with van der Waals surface area (Å²) >= 11 is 0. The summed E-state index contributed by atoms with van der Waals surface area (Å²) in [6.07, 6.45) is 1.36. The van der Waals surface area contributed by atoms with Gasteiger partial charge in [-0.3, -0.25) is 9.59 Å². The maximum Gasteiger partial charge on any atom is 0.312 e. The summed E-state index contributed by atoms with van der Waals surface area (Å²) in [4.78, 5) is 28.8. The third kappa shape index (κ3) is 3.14. The van der Waals surface area contributed by atoms with Crippen LogP contribution < -0.4 is 4.90 Å². The molecule has 2 aliphatic heterocycles. The second-order valence-corrected chi connectivity index (χ2v) is 8.29. The minimum Gasteiger partial charge on any atom is -0.467 e. The van der Waals surface area contributed by atoms with E-state index in [1.165, 1.54) is 0 Å². The lowest BCUT2D eigenvalue weighted by Gasteiger charge is -2.28. The number of benzene rings is 2. The van der Waals surface area contributed by atoms with Crippen molar-refractivity contribution in [3.8, 4) is 0 Å². The van der Waals surface area contributed by atoms with Crippen LogP contribution in [0.4, 0.5) is 5.69 Å². The standard InChI is InChI=1S/C26H25NO5/c1-3-30-24(28)20-15-23(22-9-6-14-31-22)32-26(20)19-7-4-5-8-21(19)27(25(26)29)16-18-12-10-17(2)11-13-18/h4-14,20,23H,3,15-16H2,1-2H3/t20?,23-,26-/m1/s1. The summed E-state index contributed by atoms with van der Waals surface area (Å²) in [5.74, 6) is -0.846. The van der Waals surface area contributed by atoms with Gasteiger partial charge in [0.15, 0.2) is 5.60 Å². The Hall–Kier alpha value is -3.38. The van der Waals surface area contributed by atoms with Crippen LogP contribution in [0.15, 0.2) is 71.3 Å². The molecule has 1 aromatic heterocycles. The van der Waals surface area contributed by atoms with E-state index in [0.29, 0.717) is 24.3 Å². The van der Waals surface area contributed by atoms with Crippen LogP contribution in [0.1, 0.15) is 41.9 Å². The minimum atomic E-state index is -1.44. The first-order chi connectivity index (χ1) is 15.5. The quantitative estimate of drug-likeness (QED) is 0.549. The Balaban J connectivity index is 1.59. The number of aryl methyl sites for hydroxylation is 1. The van der Waals surface area contributed by atoms with Gasteiger partial charge in [0.2, 0.25) is 0 Å². The predicted octanol–water partition coefficient (Wildman–Crippen LogP) is 4.67. The number of ether oxygens (including phenoxy) is 2. The second kappa shape index (κ2) is 7.95. The van der Waals surface area contributed by atoms with Gasteiger partial charge in [0.25, 0.3) is 5.91 Å². The normalized spacial score (nSPS) is 24.2. The van der Waals surface area contributed by atoms with Crippen LogP contribution in [0.2, 0.25) is 0 Å². The highest BCUT2D eigenvalue weighted by Gasteiger charge is 2.65. The molecule has 3 aromatic rings. The van der Waals surface area contributed by atoms with E-state index in [-0.39, 0.29) is 12.5 Å². The van der Waals surface area contributed by atoms with Gasteiger partial charge in [0.05, 0.1) is 25.1 Å². The number of carbonyl (C=O) groups excluding carboxylic acids is 2. The van der Waals surface area contributed by atoms with Crippen LogP contribution in [0, 0.1) is 12.8 Å². The summed E-state index contributed by atoms with van der Waals surface area (Å²) in [6, 6.07) is 19.2. The Morgan fingerprint density at radius 3 is 2.62 bits per heavy atom. The molecule has 1 spiro atoms. The lowest BCUT2D eigenvalue weighted by Crippen LogP contribution is -2.47. The number of fused-ring (bicyclic) bond motifs is 2. The van der Waals surface area contributed by atoms with Gasteiger partial charge in [-0.15, -0.1) is 0 Å². The van der Waals surface area contributed by atoms with Gasteiger partial charge in [0, 0.05) is 5.56 Å². The van der Waals surface area contributed by atoms with Gasteiger partial charge in [-0.2, -0.15) is 0 Å². The molecule has 3 atom stereocenters. The third-order valence-corrected chi connectivity index (χ3v) is 6.32. The van der Waals surface area contributed by atoms with Crippen LogP contribution in [0.3, 0.4) is 0 Å². The van der Waals surface area contributed by atoms with Crippen molar-refractivity contribution in [3.05, 3.63) is 89.4 Å². The first-order valence-corrected chi connectivity index (χ1v) is 10.9. The monoisotopic (exact) mass is 431 g/mol. The third-order valence-electron chi connectivity index (χ3n) is 6.32. The van der Waals surface area contributed by atoms with E-state index in [0.717, 1.165) is 16.8 Å². The maximum absolute atomic E-state index is 14.1. The molecule has 2 aliphatic rings. The minimum absolute atomic E-state index is 0.236. The Morgan fingerprint density at radius 1 is 1.12 bits per heavy atom. The molecule has 1 unspecified atom stereocenters. The second-order valence-electron chi connectivity index (χ2n) is 8.29. The number of nitrogens with zero attached hydrogens (tertiary/aromatic N) is 1. The average Bonchev–Trinajstić information content (AvgIpc) is 3.51. The largest absolute Gasteiger partial charge is 0.467 e. The molecule has 2 aromatic carbocycles. The molecule has 0 aliphatic carbocycles. The summed E-state index contributed by atoms with van der Waals surface area (Å²) in [7, 11) is 0. The van der Waals surface area contributed by atoms with E-state index >= 15 is 0 Å². The molecule has 6 nitrogen and oxygen atoms in total. The lowest BCUT2D eigenvalue weighted by atomic mass is 9.81. The highest BCUT2D eigenvalue weighted by Crippen LogP contribution is 2.57. The highest BCUT2D eigenvalue weighted by atomic mass is 16.6. The fourth-order valence-electron chi connectivity index (χ4n) is 4.82. The first kappa shape index (κ1) is 20.5. The van der Waals surface area contributed by atoms with Gasteiger partial charge < -0.3 is 18.8 Å². The van der Waals surface area contributed by atoms with Gasteiger partial charge in [-0.25, -0.2) is 0 Å². The number of anilines is 1. The number of furan rings is 1. The average molecular weight is 431 g/mol. The molecule has 1 amide bonds. The maximum atomic E-state index is 14.1. The van der Waals surface area contributed by atoms with E-state index in [9.17, 15) is 9.59 Å². The number of hydrogen-bond donors (Lipinski definition) is 0. The van der Waals surface area contributed by atoms with E-state index in [4.69, 9.17) is 13.9 Å². The zero-order chi connectivity index (χ0) is 22.3. The van der Waals surface area contributed by atoms with Crippen LogP contribution in [-0.2, 0) is 31.2 Å². The zero-order valence-electron chi connectivity index (χ0n) is 18.1. The molecule has 32 heavy (non-hydrogen) atoms. The molecule has 5 rings (SSSR count). The van der Waals surface area contributed by atoms with Gasteiger partial charge in [-0.1, -0.05) is 48.0 Å². The van der Waals surface area contributed by atoms with Gasteiger partial charge >= 0.3 is 5.97 Å². The topological polar surface area (TPSA) is 69.0 Å². The van der Waals surface area contributed by atoms with Crippen LogP contribution in [0.5, 0.6) is 0 Å². The number of esters is 1. The van der Waals surface area contributed by atoms with Crippen molar-refractivity contribution in [1.29, 1.82) is 0 Å². The van der Waals surface area contributed by atoms with Crippen LogP contribution >= 0.6 is 0 Å². The van der Waals surface area contributed by atoms with Crippen molar-refractivity contribution in [1.82, 2.24) is 0 Å².